The Hall–Kier alpha value is -2.37. The molecule has 4 rings (SSSR count). The van der Waals surface area contributed by atoms with Crippen molar-refractivity contribution in [3.63, 3.8) is 0 Å². The van der Waals surface area contributed by atoms with Crippen molar-refractivity contribution in [1.82, 2.24) is 10.2 Å². The molecule has 1 amide bonds. The van der Waals surface area contributed by atoms with Crippen molar-refractivity contribution in [2.75, 3.05) is 19.6 Å². The molecule has 0 bridgehead atoms. The number of nitrogens with zero attached hydrogens (tertiary/aromatic N) is 1. The van der Waals surface area contributed by atoms with Gasteiger partial charge in [-0.1, -0.05) is 55.0 Å². The topological polar surface area (TPSA) is 61.8 Å². The molecule has 2 atom stereocenters. The number of para-hydroxylation sites is 1. The minimum atomic E-state index is -1.03. The number of aryl methyl sites for hydroxylation is 1. The first-order valence-corrected chi connectivity index (χ1v) is 10.5. The minimum absolute atomic E-state index is 0.185. The molecule has 2 N–H and O–H groups in total. The lowest BCUT2D eigenvalue weighted by Crippen LogP contribution is -2.55. The van der Waals surface area contributed by atoms with Gasteiger partial charge < -0.3 is 20.1 Å². The predicted molar refractivity (Wildman–Crippen MR) is 113 cm³/mol. The van der Waals surface area contributed by atoms with Gasteiger partial charge in [-0.25, -0.2) is 0 Å². The summed E-state index contributed by atoms with van der Waals surface area (Å²) in [5.74, 6) is 0.516. The van der Waals surface area contributed by atoms with E-state index in [0.717, 1.165) is 37.2 Å². The zero-order valence-corrected chi connectivity index (χ0v) is 17.2. The highest BCUT2D eigenvalue weighted by molar-refractivity contribution is 5.82. The molecule has 1 saturated heterocycles. The zero-order chi connectivity index (χ0) is 20.4. The summed E-state index contributed by atoms with van der Waals surface area (Å²) < 4.78 is 6.44. The van der Waals surface area contributed by atoms with E-state index >= 15 is 0 Å². The average Bonchev–Trinajstić information content (AvgIpc) is 2.92. The Morgan fingerprint density at radius 3 is 2.55 bits per heavy atom. The lowest BCUT2D eigenvalue weighted by Gasteiger charge is -2.42. The molecule has 0 saturated carbocycles. The Labute approximate surface area is 172 Å². The summed E-state index contributed by atoms with van der Waals surface area (Å²) in [6, 6.07) is 16.1. The number of hydrogen-bond donors (Lipinski definition) is 2. The number of rotatable bonds is 3. The third-order valence-corrected chi connectivity index (χ3v) is 6.38. The smallest absolute Gasteiger partial charge is 0.252 e. The number of piperidine rings is 1. The highest BCUT2D eigenvalue weighted by Gasteiger charge is 2.40. The second kappa shape index (κ2) is 8.17. The van der Waals surface area contributed by atoms with Gasteiger partial charge in [0.2, 0.25) is 0 Å². The van der Waals surface area contributed by atoms with Crippen molar-refractivity contribution >= 4 is 5.91 Å². The summed E-state index contributed by atoms with van der Waals surface area (Å²) in [4.78, 5) is 14.7. The Bertz CT molecular complexity index is 857. The fourth-order valence-electron chi connectivity index (χ4n) is 4.31. The number of aliphatic hydroxyl groups excluding tert-OH is 1. The fourth-order valence-corrected chi connectivity index (χ4v) is 4.31. The van der Waals surface area contributed by atoms with Crippen LogP contribution in [0.2, 0.25) is 0 Å². The van der Waals surface area contributed by atoms with Crippen LogP contribution in [0.3, 0.4) is 0 Å². The van der Waals surface area contributed by atoms with E-state index in [-0.39, 0.29) is 17.4 Å². The lowest BCUT2D eigenvalue weighted by atomic mass is 9.89. The maximum Gasteiger partial charge on any atom is 0.252 e. The number of amides is 1. The van der Waals surface area contributed by atoms with Gasteiger partial charge >= 0.3 is 0 Å². The van der Waals surface area contributed by atoms with Crippen LogP contribution >= 0.6 is 0 Å². The minimum Gasteiger partial charge on any atom is -0.485 e. The summed E-state index contributed by atoms with van der Waals surface area (Å²) >= 11 is 0. The van der Waals surface area contributed by atoms with Crippen LogP contribution in [0.25, 0.3) is 0 Å². The van der Waals surface area contributed by atoms with Crippen LogP contribution in [0.1, 0.15) is 42.4 Å². The molecule has 1 fully saturated rings. The van der Waals surface area contributed by atoms with Crippen LogP contribution in [0.5, 0.6) is 5.75 Å². The second-order valence-corrected chi connectivity index (χ2v) is 8.47. The maximum absolute atomic E-state index is 12.9. The molecule has 2 heterocycles. The van der Waals surface area contributed by atoms with Gasteiger partial charge in [0.15, 0.2) is 0 Å². The molecule has 2 aromatic carbocycles. The monoisotopic (exact) mass is 394 g/mol. The molecule has 2 aliphatic heterocycles. The highest BCUT2D eigenvalue weighted by Crippen LogP contribution is 2.33. The Morgan fingerprint density at radius 2 is 1.83 bits per heavy atom. The van der Waals surface area contributed by atoms with E-state index in [9.17, 15) is 9.90 Å². The first-order chi connectivity index (χ1) is 14.0. The number of aliphatic hydroxyl groups is 1. The number of likely N-dealkylation sites (tertiary alicyclic amines) is 1. The number of carbonyl (C=O) groups is 1. The van der Waals surface area contributed by atoms with Gasteiger partial charge in [0.1, 0.15) is 17.5 Å². The number of nitrogens with one attached hydrogen (secondary N) is 1. The van der Waals surface area contributed by atoms with E-state index in [1.54, 1.807) is 4.90 Å². The molecule has 154 valence electrons. The van der Waals surface area contributed by atoms with Crippen LogP contribution in [0.15, 0.2) is 48.5 Å². The molecule has 5 heteroatoms. The highest BCUT2D eigenvalue weighted by atomic mass is 16.5. The van der Waals surface area contributed by atoms with Gasteiger partial charge in [0.05, 0.1) is 0 Å². The maximum atomic E-state index is 12.9. The van der Waals surface area contributed by atoms with Crippen LogP contribution in [-0.2, 0) is 11.3 Å². The molecular formula is C24H30N2O3. The van der Waals surface area contributed by atoms with Crippen molar-refractivity contribution in [3.05, 3.63) is 65.2 Å². The Balaban J connectivity index is 1.40. The average molecular weight is 395 g/mol. The van der Waals surface area contributed by atoms with Crippen molar-refractivity contribution in [2.24, 2.45) is 0 Å². The van der Waals surface area contributed by atoms with Gasteiger partial charge in [-0.15, -0.1) is 0 Å². The standard InChI is InChI=1S/C24H30N2O3/c1-17-7-9-19(10-8-17)18(2)22(27)23(28)26-13-11-24(12-14-26)16-25-15-20-5-3-4-6-21(20)29-24/h3-10,18,22,25,27H,11-16H2,1-2H3. The summed E-state index contributed by atoms with van der Waals surface area (Å²) in [7, 11) is 0. The molecule has 5 nitrogen and oxygen atoms in total. The van der Waals surface area contributed by atoms with Crippen molar-refractivity contribution in [3.8, 4) is 5.75 Å². The summed E-state index contributed by atoms with van der Waals surface area (Å²) in [5.41, 5.74) is 3.03. The van der Waals surface area contributed by atoms with E-state index in [4.69, 9.17) is 4.74 Å². The van der Waals surface area contributed by atoms with Crippen molar-refractivity contribution in [2.45, 2.75) is 50.9 Å². The predicted octanol–water partition coefficient (Wildman–Crippen LogP) is 3.00. The van der Waals surface area contributed by atoms with E-state index < -0.39 is 6.10 Å². The molecule has 0 radical (unpaired) electrons. The number of fused-ring (bicyclic) bond motifs is 1. The van der Waals surface area contributed by atoms with Gasteiger partial charge in [0.25, 0.3) is 5.91 Å². The molecule has 2 aliphatic rings. The lowest BCUT2D eigenvalue weighted by molar-refractivity contribution is -0.144. The molecule has 0 aliphatic carbocycles. The van der Waals surface area contributed by atoms with Gasteiger partial charge in [-0.2, -0.15) is 0 Å². The second-order valence-electron chi connectivity index (χ2n) is 8.47. The fraction of sp³-hybridized carbons (Fsp3) is 0.458. The first-order valence-electron chi connectivity index (χ1n) is 10.5. The molecule has 0 aromatic heterocycles. The molecule has 2 aromatic rings. The van der Waals surface area contributed by atoms with E-state index in [1.165, 1.54) is 11.1 Å². The van der Waals surface area contributed by atoms with Gasteiger partial charge in [-0.05, 0) is 18.6 Å². The molecule has 1 spiro atoms. The quantitative estimate of drug-likeness (QED) is 0.840. The van der Waals surface area contributed by atoms with Crippen molar-refractivity contribution in [1.29, 1.82) is 0 Å². The van der Waals surface area contributed by atoms with Crippen LogP contribution < -0.4 is 10.1 Å². The Kier molecular flexibility index (Phi) is 5.61. The van der Waals surface area contributed by atoms with Gasteiger partial charge in [-0.3, -0.25) is 4.79 Å². The van der Waals surface area contributed by atoms with Crippen LogP contribution in [0.4, 0.5) is 0 Å². The van der Waals surface area contributed by atoms with Crippen molar-refractivity contribution < 1.29 is 14.6 Å². The zero-order valence-electron chi connectivity index (χ0n) is 17.2. The van der Waals surface area contributed by atoms with E-state index in [0.29, 0.717) is 13.1 Å². The van der Waals surface area contributed by atoms with Crippen LogP contribution in [0, 0.1) is 6.92 Å². The number of ether oxygens (including phenoxy) is 1. The Morgan fingerprint density at radius 1 is 1.14 bits per heavy atom. The number of hydrogen-bond acceptors (Lipinski definition) is 4. The summed E-state index contributed by atoms with van der Waals surface area (Å²) in [6.45, 7) is 6.70. The van der Waals surface area contributed by atoms with Gasteiger partial charge in [0, 0.05) is 50.5 Å². The van der Waals surface area contributed by atoms with Crippen LogP contribution in [-0.4, -0.2) is 47.3 Å². The van der Waals surface area contributed by atoms with E-state index in [1.807, 2.05) is 56.3 Å². The number of benzene rings is 2. The first kappa shape index (κ1) is 19.9. The SMILES string of the molecule is Cc1ccc(C(C)C(O)C(=O)N2CCC3(CC2)CNCc2ccccc2O3)cc1. The molecule has 2 unspecified atom stereocenters. The number of carbonyl (C=O) groups excluding carboxylic acids is 1. The third kappa shape index (κ3) is 4.16. The normalized spacial score (nSPS) is 20.3. The third-order valence-electron chi connectivity index (χ3n) is 6.38. The summed E-state index contributed by atoms with van der Waals surface area (Å²) in [5, 5.41) is 14.2. The molecule has 29 heavy (non-hydrogen) atoms. The molecular weight excluding hydrogens is 364 g/mol. The largest absolute Gasteiger partial charge is 0.485 e. The van der Waals surface area contributed by atoms with E-state index in [2.05, 4.69) is 11.4 Å². The summed E-state index contributed by atoms with van der Waals surface area (Å²) in [6.07, 6.45) is 0.484.